The lowest BCUT2D eigenvalue weighted by molar-refractivity contribution is -0.132. The summed E-state index contributed by atoms with van der Waals surface area (Å²) in [6.07, 6.45) is 4.93. The van der Waals surface area contributed by atoms with Crippen LogP contribution in [0.5, 0.6) is 5.75 Å². The fraction of sp³-hybridized carbons (Fsp3) is 0.500. The highest BCUT2D eigenvalue weighted by Crippen LogP contribution is 2.26. The number of carbonyl (C=O) groups is 1. The summed E-state index contributed by atoms with van der Waals surface area (Å²) in [7, 11) is 1.64. The third kappa shape index (κ3) is 4.03. The number of oxazole rings is 1. The van der Waals surface area contributed by atoms with Gasteiger partial charge < -0.3 is 14.1 Å². The van der Waals surface area contributed by atoms with Gasteiger partial charge in [0.05, 0.1) is 13.3 Å². The van der Waals surface area contributed by atoms with E-state index >= 15 is 0 Å². The maximum atomic E-state index is 12.5. The van der Waals surface area contributed by atoms with E-state index in [1.807, 2.05) is 29.2 Å². The second kappa shape index (κ2) is 7.72. The highest BCUT2D eigenvalue weighted by Gasteiger charge is 2.30. The Morgan fingerprint density at radius 1 is 1.36 bits per heavy atom. The minimum Gasteiger partial charge on any atom is -0.497 e. The average Bonchev–Trinajstić information content (AvgIpc) is 3.29. The molecule has 0 saturated carbocycles. The number of methoxy groups -OCH3 is 1. The van der Waals surface area contributed by atoms with E-state index in [0.29, 0.717) is 36.5 Å². The molecule has 0 aliphatic carbocycles. The molecule has 5 heteroatoms. The number of amides is 1. The zero-order valence-electron chi connectivity index (χ0n) is 15.2. The van der Waals surface area contributed by atoms with E-state index in [1.54, 1.807) is 13.3 Å². The van der Waals surface area contributed by atoms with Crippen molar-refractivity contribution < 1.29 is 13.9 Å². The topological polar surface area (TPSA) is 55.6 Å². The van der Waals surface area contributed by atoms with Gasteiger partial charge in [0.2, 0.25) is 5.91 Å². The molecule has 2 aromatic rings. The van der Waals surface area contributed by atoms with Gasteiger partial charge in [-0.3, -0.25) is 4.79 Å². The van der Waals surface area contributed by atoms with Crippen LogP contribution in [-0.4, -0.2) is 35.5 Å². The largest absolute Gasteiger partial charge is 0.497 e. The van der Waals surface area contributed by atoms with Gasteiger partial charge in [0.1, 0.15) is 5.75 Å². The van der Waals surface area contributed by atoms with E-state index < -0.39 is 0 Å². The highest BCUT2D eigenvalue weighted by atomic mass is 16.5. The standard InChI is InChI=1S/C20H26N2O3/c1-14(2)17-5-4-12-22(17)20(23)11-10-19-21-13-18(25-19)15-6-8-16(24-3)9-7-15/h6-9,13-14,17H,4-5,10-12H2,1-3H3/t17-/m1/s1. The maximum absolute atomic E-state index is 12.5. The van der Waals surface area contributed by atoms with Gasteiger partial charge >= 0.3 is 0 Å². The number of aryl methyl sites for hydroxylation is 1. The molecule has 1 atom stereocenters. The molecule has 25 heavy (non-hydrogen) atoms. The van der Waals surface area contributed by atoms with Crippen molar-refractivity contribution in [2.75, 3.05) is 13.7 Å². The van der Waals surface area contributed by atoms with Crippen molar-refractivity contribution in [3.63, 3.8) is 0 Å². The van der Waals surface area contributed by atoms with E-state index in [1.165, 1.54) is 0 Å². The van der Waals surface area contributed by atoms with Gasteiger partial charge in [-0.1, -0.05) is 13.8 Å². The van der Waals surface area contributed by atoms with Crippen molar-refractivity contribution in [3.8, 4) is 17.1 Å². The van der Waals surface area contributed by atoms with Crippen LogP contribution in [0.3, 0.4) is 0 Å². The smallest absolute Gasteiger partial charge is 0.223 e. The summed E-state index contributed by atoms with van der Waals surface area (Å²) in [4.78, 5) is 18.9. The highest BCUT2D eigenvalue weighted by molar-refractivity contribution is 5.77. The first-order valence-corrected chi connectivity index (χ1v) is 8.97. The van der Waals surface area contributed by atoms with E-state index in [0.717, 1.165) is 30.7 Å². The number of benzene rings is 1. The van der Waals surface area contributed by atoms with Gasteiger partial charge in [0.15, 0.2) is 11.7 Å². The molecule has 2 heterocycles. The molecule has 0 unspecified atom stereocenters. The Morgan fingerprint density at radius 3 is 2.80 bits per heavy atom. The molecule has 1 aromatic carbocycles. The zero-order valence-corrected chi connectivity index (χ0v) is 15.2. The quantitative estimate of drug-likeness (QED) is 0.798. The van der Waals surface area contributed by atoms with Gasteiger partial charge in [-0.2, -0.15) is 0 Å². The van der Waals surface area contributed by atoms with E-state index in [9.17, 15) is 4.79 Å². The summed E-state index contributed by atoms with van der Waals surface area (Å²) in [5.41, 5.74) is 0.949. The van der Waals surface area contributed by atoms with Crippen LogP contribution in [0.15, 0.2) is 34.9 Å². The van der Waals surface area contributed by atoms with Gasteiger partial charge in [-0.15, -0.1) is 0 Å². The van der Waals surface area contributed by atoms with Crippen LogP contribution in [0.2, 0.25) is 0 Å². The first kappa shape index (κ1) is 17.5. The molecule has 5 nitrogen and oxygen atoms in total. The second-order valence-electron chi connectivity index (χ2n) is 6.89. The molecule has 1 aliphatic heterocycles. The number of aromatic nitrogens is 1. The lowest BCUT2D eigenvalue weighted by Gasteiger charge is -2.27. The molecule has 1 amide bonds. The summed E-state index contributed by atoms with van der Waals surface area (Å²) in [5, 5.41) is 0. The molecule has 0 N–H and O–H groups in total. The SMILES string of the molecule is COc1ccc(-c2cnc(CCC(=O)N3CCC[C@@H]3C(C)C)o2)cc1. The van der Waals surface area contributed by atoms with Gasteiger partial charge in [0.25, 0.3) is 0 Å². The van der Waals surface area contributed by atoms with Crippen LogP contribution < -0.4 is 4.74 Å². The summed E-state index contributed by atoms with van der Waals surface area (Å²) < 4.78 is 11.0. The van der Waals surface area contributed by atoms with Crippen LogP contribution in [0, 0.1) is 5.92 Å². The summed E-state index contributed by atoms with van der Waals surface area (Å²) in [6.45, 7) is 5.25. The minimum absolute atomic E-state index is 0.209. The molecular weight excluding hydrogens is 316 g/mol. The van der Waals surface area contributed by atoms with Crippen molar-refractivity contribution >= 4 is 5.91 Å². The van der Waals surface area contributed by atoms with Crippen LogP contribution in [0.4, 0.5) is 0 Å². The molecule has 3 rings (SSSR count). The first-order chi connectivity index (χ1) is 12.1. The number of nitrogens with zero attached hydrogens (tertiary/aromatic N) is 2. The van der Waals surface area contributed by atoms with E-state index in [4.69, 9.17) is 9.15 Å². The van der Waals surface area contributed by atoms with Crippen LogP contribution >= 0.6 is 0 Å². The maximum Gasteiger partial charge on any atom is 0.223 e. The molecule has 1 aliphatic rings. The van der Waals surface area contributed by atoms with Crippen molar-refractivity contribution in [3.05, 3.63) is 36.4 Å². The number of rotatable bonds is 6. The Labute approximate surface area is 149 Å². The van der Waals surface area contributed by atoms with E-state index in [2.05, 4.69) is 18.8 Å². The Bertz CT molecular complexity index is 706. The average molecular weight is 342 g/mol. The number of hydrogen-bond acceptors (Lipinski definition) is 4. The number of carbonyl (C=O) groups excluding carboxylic acids is 1. The molecule has 0 bridgehead atoms. The van der Waals surface area contributed by atoms with Gasteiger partial charge in [0, 0.05) is 31.0 Å². The Kier molecular flexibility index (Phi) is 5.41. The zero-order chi connectivity index (χ0) is 17.8. The monoisotopic (exact) mass is 342 g/mol. The third-order valence-electron chi connectivity index (χ3n) is 4.87. The van der Waals surface area contributed by atoms with Crippen LogP contribution in [0.1, 0.15) is 39.0 Å². The lowest BCUT2D eigenvalue weighted by atomic mass is 10.0. The first-order valence-electron chi connectivity index (χ1n) is 8.97. The molecular formula is C20H26N2O3. The number of ether oxygens (including phenoxy) is 1. The molecule has 1 fully saturated rings. The third-order valence-corrected chi connectivity index (χ3v) is 4.87. The van der Waals surface area contributed by atoms with Crippen molar-refractivity contribution in [2.24, 2.45) is 5.92 Å². The van der Waals surface area contributed by atoms with Crippen LogP contribution in [-0.2, 0) is 11.2 Å². The molecule has 0 radical (unpaired) electrons. The Balaban J connectivity index is 1.59. The minimum atomic E-state index is 0.209. The van der Waals surface area contributed by atoms with Gasteiger partial charge in [-0.25, -0.2) is 4.98 Å². The van der Waals surface area contributed by atoms with Gasteiger partial charge in [-0.05, 0) is 43.0 Å². The Hall–Kier alpha value is -2.30. The van der Waals surface area contributed by atoms with Crippen molar-refractivity contribution in [1.29, 1.82) is 0 Å². The fourth-order valence-electron chi connectivity index (χ4n) is 3.47. The van der Waals surface area contributed by atoms with Crippen molar-refractivity contribution in [2.45, 2.75) is 45.6 Å². The summed E-state index contributed by atoms with van der Waals surface area (Å²) >= 11 is 0. The molecule has 134 valence electrons. The van der Waals surface area contributed by atoms with Crippen LogP contribution in [0.25, 0.3) is 11.3 Å². The fourth-order valence-corrected chi connectivity index (χ4v) is 3.47. The predicted octanol–water partition coefficient (Wildman–Crippen LogP) is 3.93. The lowest BCUT2D eigenvalue weighted by Crippen LogP contribution is -2.38. The Morgan fingerprint density at radius 2 is 2.12 bits per heavy atom. The van der Waals surface area contributed by atoms with E-state index in [-0.39, 0.29) is 5.91 Å². The molecule has 0 spiro atoms. The molecule has 1 saturated heterocycles. The second-order valence-corrected chi connectivity index (χ2v) is 6.89. The normalized spacial score (nSPS) is 17.3. The number of hydrogen-bond donors (Lipinski definition) is 0. The summed E-state index contributed by atoms with van der Waals surface area (Å²) in [6, 6.07) is 8.03. The summed E-state index contributed by atoms with van der Waals surface area (Å²) in [5.74, 6) is 2.85. The molecule has 1 aromatic heterocycles. The van der Waals surface area contributed by atoms with Crippen molar-refractivity contribution in [1.82, 2.24) is 9.88 Å². The number of likely N-dealkylation sites (tertiary alicyclic amines) is 1. The predicted molar refractivity (Wildman–Crippen MR) is 96.4 cm³/mol.